The highest BCUT2D eigenvalue weighted by Crippen LogP contribution is 2.49. The third kappa shape index (κ3) is 13.9. The zero-order valence-electron chi connectivity index (χ0n) is 44.3. The SMILES string of the molecule is CCN(C)Cc1cc2ccccc2n1CCC(=O)CCC(=O)NCC(=O)CCC(=O)N(C)[C@@H](C)C(=O)O[C@H]1CC(=O)N(C)c2cc(cc(C)c2Cl)C/C(C)=C/C=C/[C@@H](OC)[C@]2(O)C[C@H](OC(=O)N2)[C@@H](C)C2O[C@]21C. The lowest BCUT2D eigenvalue weighted by molar-refractivity contribution is -0.162. The number of hydrogen-bond donors (Lipinski definition) is 3. The molecular weight excluding hydrogens is 972 g/mol. The number of nitrogens with zero attached hydrogens (tertiary/aromatic N) is 4. The fraction of sp³-hybridized carbons (Fsp3) is 0.545. The third-order valence-corrected chi connectivity index (χ3v) is 15.2. The van der Waals surface area contributed by atoms with E-state index in [9.17, 15) is 38.7 Å². The number of likely N-dealkylation sites (N-methyl/N-ethyl adjacent to an activating group) is 1. The summed E-state index contributed by atoms with van der Waals surface area (Å²) < 4.78 is 25.9. The van der Waals surface area contributed by atoms with Crippen LogP contribution in [-0.2, 0) is 67.2 Å². The Labute approximate surface area is 438 Å². The molecule has 0 radical (unpaired) electrons. The summed E-state index contributed by atoms with van der Waals surface area (Å²) in [7, 11) is 6.44. The predicted octanol–water partition coefficient (Wildman–Crippen LogP) is 6.13. The number of aromatic nitrogens is 1. The summed E-state index contributed by atoms with van der Waals surface area (Å²) in [6.07, 6.45) is 0.268. The number of hydrogen-bond acceptors (Lipinski definition) is 13. The van der Waals surface area contributed by atoms with Gasteiger partial charge in [-0.05, 0) is 82.4 Å². The molecule has 8 atom stereocenters. The van der Waals surface area contributed by atoms with E-state index in [1.165, 1.54) is 26.0 Å². The largest absolute Gasteiger partial charge is 0.457 e. The van der Waals surface area contributed by atoms with Crippen LogP contribution in [0.4, 0.5) is 10.5 Å². The van der Waals surface area contributed by atoms with Gasteiger partial charge in [-0.3, -0.25) is 29.3 Å². The molecule has 19 heteroatoms. The number of rotatable bonds is 18. The summed E-state index contributed by atoms with van der Waals surface area (Å²) in [6, 6.07) is 12.7. The molecule has 1 aromatic heterocycles. The minimum Gasteiger partial charge on any atom is -0.457 e. The quantitative estimate of drug-likeness (QED) is 0.0967. The van der Waals surface area contributed by atoms with Gasteiger partial charge in [-0.1, -0.05) is 73.5 Å². The number of Topliss-reactive ketones (excluding diaryl/α,β-unsaturated/α-hetero) is 2. The zero-order chi connectivity index (χ0) is 54.2. The first-order valence-electron chi connectivity index (χ1n) is 25.3. The highest BCUT2D eigenvalue weighted by molar-refractivity contribution is 6.34. The molecule has 0 saturated carbocycles. The Bertz CT molecular complexity index is 2670. The van der Waals surface area contributed by atoms with Crippen molar-refractivity contribution in [1.29, 1.82) is 0 Å². The molecule has 3 aliphatic rings. The number of amides is 4. The number of nitrogens with one attached hydrogen (secondary N) is 2. The number of anilines is 1. The normalized spacial score (nSPS) is 25.7. The molecule has 4 bridgehead atoms. The van der Waals surface area contributed by atoms with Gasteiger partial charge in [-0.2, -0.15) is 0 Å². The number of esters is 1. The molecule has 3 aromatic rings. The Balaban J connectivity index is 1.06. The lowest BCUT2D eigenvalue weighted by Gasteiger charge is -2.42. The number of halogens is 1. The number of fused-ring (bicyclic) bond motifs is 6. The monoisotopic (exact) mass is 1040 g/mol. The number of ketones is 2. The Kier molecular flexibility index (Phi) is 19.1. The van der Waals surface area contributed by atoms with Crippen molar-refractivity contribution in [2.45, 2.75) is 148 Å². The number of carbonyl (C=O) groups excluding carboxylic acids is 7. The van der Waals surface area contributed by atoms with Crippen LogP contribution in [-0.4, -0.2) is 144 Å². The summed E-state index contributed by atoms with van der Waals surface area (Å²) in [5.41, 5.74) is 1.97. The lowest BCUT2D eigenvalue weighted by Crippen LogP contribution is -2.63. The van der Waals surface area contributed by atoms with Gasteiger partial charge in [0.05, 0.1) is 29.8 Å². The average molecular weight is 1050 g/mol. The molecule has 2 saturated heterocycles. The second kappa shape index (κ2) is 24.6. The minimum atomic E-state index is -1.87. The van der Waals surface area contributed by atoms with Gasteiger partial charge in [0.25, 0.3) is 0 Å². The van der Waals surface area contributed by atoms with Crippen LogP contribution in [0, 0.1) is 12.8 Å². The van der Waals surface area contributed by atoms with E-state index in [0.29, 0.717) is 23.7 Å². The molecule has 3 N–H and O–H groups in total. The van der Waals surface area contributed by atoms with Crippen LogP contribution in [0.3, 0.4) is 0 Å². The number of methoxy groups -OCH3 is 1. The molecular formula is C55H73ClN6O12. The van der Waals surface area contributed by atoms with E-state index in [-0.39, 0.29) is 57.3 Å². The van der Waals surface area contributed by atoms with Crippen LogP contribution < -0.4 is 15.5 Å². The summed E-state index contributed by atoms with van der Waals surface area (Å²) in [6.45, 7) is 12.5. The highest BCUT2D eigenvalue weighted by Gasteiger charge is 2.64. The van der Waals surface area contributed by atoms with Crippen molar-refractivity contribution in [3.8, 4) is 0 Å². The Hall–Kier alpha value is -5.92. The summed E-state index contributed by atoms with van der Waals surface area (Å²) in [5.74, 6) is -3.40. The number of alkyl carbamates (subject to hydrolysis) is 1. The molecule has 3 aliphatic heterocycles. The van der Waals surface area contributed by atoms with Crippen molar-refractivity contribution in [3.05, 3.63) is 88.1 Å². The second-order valence-corrected chi connectivity index (χ2v) is 20.7. The number of aliphatic hydroxyl groups is 1. The molecule has 0 spiro atoms. The first-order valence-corrected chi connectivity index (χ1v) is 25.7. The predicted molar refractivity (Wildman–Crippen MR) is 279 cm³/mol. The first-order chi connectivity index (χ1) is 35.0. The molecule has 1 unspecified atom stereocenters. The van der Waals surface area contributed by atoms with Crippen LogP contribution in [0.5, 0.6) is 0 Å². The molecule has 402 valence electrons. The van der Waals surface area contributed by atoms with Crippen molar-refractivity contribution in [2.75, 3.05) is 46.2 Å². The Morgan fingerprint density at radius 1 is 1.03 bits per heavy atom. The number of epoxide rings is 1. The van der Waals surface area contributed by atoms with Gasteiger partial charge in [0.1, 0.15) is 35.7 Å². The lowest BCUT2D eigenvalue weighted by atomic mass is 9.83. The van der Waals surface area contributed by atoms with Gasteiger partial charge in [0, 0.05) is 89.9 Å². The van der Waals surface area contributed by atoms with Crippen LogP contribution in [0.15, 0.2) is 66.3 Å². The van der Waals surface area contributed by atoms with E-state index < -0.39 is 83.3 Å². The second-order valence-electron chi connectivity index (χ2n) is 20.3. The van der Waals surface area contributed by atoms with Gasteiger partial charge in [0.15, 0.2) is 11.5 Å². The molecule has 2 aromatic carbocycles. The van der Waals surface area contributed by atoms with Crippen molar-refractivity contribution in [2.24, 2.45) is 5.92 Å². The van der Waals surface area contributed by atoms with Crippen LogP contribution in [0.2, 0.25) is 5.02 Å². The number of allylic oxidation sites excluding steroid dienone is 3. The van der Waals surface area contributed by atoms with E-state index >= 15 is 0 Å². The van der Waals surface area contributed by atoms with E-state index in [2.05, 4.69) is 33.1 Å². The maximum Gasteiger partial charge on any atom is 0.409 e. The summed E-state index contributed by atoms with van der Waals surface area (Å²) in [4.78, 5) is 98.0. The van der Waals surface area contributed by atoms with Gasteiger partial charge in [-0.15, -0.1) is 0 Å². The number of carbonyl (C=O) groups is 7. The van der Waals surface area contributed by atoms with Crippen molar-refractivity contribution < 1.29 is 57.6 Å². The van der Waals surface area contributed by atoms with Crippen molar-refractivity contribution >= 4 is 69.5 Å². The van der Waals surface area contributed by atoms with Gasteiger partial charge in [-0.25, -0.2) is 9.59 Å². The maximum atomic E-state index is 14.3. The number of para-hydroxylation sites is 1. The number of aryl methyl sites for hydroxylation is 2. The molecule has 18 nitrogen and oxygen atoms in total. The van der Waals surface area contributed by atoms with Crippen molar-refractivity contribution in [3.63, 3.8) is 0 Å². The van der Waals surface area contributed by atoms with Gasteiger partial charge < -0.3 is 48.6 Å². The standard InChI is InChI=1S/C55H73ClN6O12/c1-11-59(7)32-39-28-38-16-12-13-17-42(38)62(39)24-23-40(63)19-21-47(65)57-31-41(64)20-22-48(66)60(8)36(5)52(68)73-46-29-49(67)61(9)43-27-37(26-34(3)50(43)56)25-33(2)15-14-18-45(71-10)55(70)30-44(72-53(69)58-55)35(4)51-54(46,6)74-51/h12-18,26-28,35-36,44-46,51,70H,11,19-25,29-32H2,1-10H3,(H,57,65)(H,58,69)/b18-14+,33-15+/t35-,36+,44+,45-,46+,51?,54+,55-/m1/s1. The first kappa shape index (κ1) is 57.4. The van der Waals surface area contributed by atoms with E-state index in [1.807, 2.05) is 63.4 Å². The molecule has 4 heterocycles. The molecule has 0 aliphatic carbocycles. The topological polar surface area (TPSA) is 219 Å². The Morgan fingerprint density at radius 3 is 2.46 bits per heavy atom. The van der Waals surface area contributed by atoms with Gasteiger partial charge >= 0.3 is 12.1 Å². The highest BCUT2D eigenvalue weighted by atomic mass is 35.5. The zero-order valence-corrected chi connectivity index (χ0v) is 45.1. The fourth-order valence-corrected chi connectivity index (χ4v) is 9.95. The van der Waals surface area contributed by atoms with Gasteiger partial charge in [0.2, 0.25) is 17.7 Å². The summed E-state index contributed by atoms with van der Waals surface area (Å²) >= 11 is 6.82. The van der Waals surface area contributed by atoms with Crippen LogP contribution >= 0.6 is 11.6 Å². The molecule has 74 heavy (non-hydrogen) atoms. The smallest absolute Gasteiger partial charge is 0.409 e. The minimum absolute atomic E-state index is 0.0162. The maximum absolute atomic E-state index is 14.3. The summed E-state index contributed by atoms with van der Waals surface area (Å²) in [5, 5.41) is 18.4. The molecule has 6 rings (SSSR count). The molecule has 4 amide bonds. The number of benzene rings is 2. The fourth-order valence-electron chi connectivity index (χ4n) is 9.72. The van der Waals surface area contributed by atoms with E-state index in [0.717, 1.165) is 51.3 Å². The van der Waals surface area contributed by atoms with E-state index in [4.69, 9.17) is 30.5 Å². The van der Waals surface area contributed by atoms with Crippen molar-refractivity contribution in [1.82, 2.24) is 25.0 Å². The number of ether oxygens (including phenoxy) is 4. The third-order valence-electron chi connectivity index (χ3n) is 14.7. The molecule has 2 fully saturated rings. The average Bonchev–Trinajstić information content (AvgIpc) is 3.94. The van der Waals surface area contributed by atoms with E-state index in [1.54, 1.807) is 33.0 Å². The van der Waals surface area contributed by atoms with Crippen LogP contribution in [0.25, 0.3) is 10.9 Å². The Morgan fingerprint density at radius 2 is 1.74 bits per heavy atom. The van der Waals surface area contributed by atoms with Crippen LogP contribution in [0.1, 0.15) is 96.4 Å².